The molecule has 3 rings (SSSR count). The number of rotatable bonds is 2. The van der Waals surface area contributed by atoms with Crippen LogP contribution in [0.25, 0.3) is 12.2 Å². The lowest BCUT2D eigenvalue weighted by Crippen LogP contribution is -2.12. The first-order valence-corrected chi connectivity index (χ1v) is 8.42. The molecule has 1 saturated carbocycles. The molecule has 128 valence electrons. The van der Waals surface area contributed by atoms with Gasteiger partial charge in [0.05, 0.1) is 0 Å². The van der Waals surface area contributed by atoms with Gasteiger partial charge in [0, 0.05) is 11.1 Å². The molecule has 3 heteroatoms. The number of halogens is 2. The Hall–Kier alpha value is -2.55. The summed E-state index contributed by atoms with van der Waals surface area (Å²) in [5, 5.41) is 0. The van der Waals surface area contributed by atoms with E-state index in [2.05, 4.69) is 0 Å². The number of ketones is 1. The standard InChI is InChI=1S/C22H20F2O/c1-14-6-8-16(12-20(14)23)10-18-4-3-5-19(22(18)25)11-17-9-7-15(2)21(24)13-17/h6-13H,3-5H2,1-2H3. The number of carbonyl (C=O) groups is 1. The lowest BCUT2D eigenvalue weighted by atomic mass is 9.86. The second-order valence-electron chi connectivity index (χ2n) is 6.54. The maximum absolute atomic E-state index is 13.7. The van der Waals surface area contributed by atoms with Crippen LogP contribution in [0.5, 0.6) is 0 Å². The maximum atomic E-state index is 13.7. The van der Waals surface area contributed by atoms with Crippen LogP contribution in [0, 0.1) is 25.5 Å². The van der Waals surface area contributed by atoms with Gasteiger partial charge in [-0.2, -0.15) is 0 Å². The maximum Gasteiger partial charge on any atom is 0.185 e. The minimum Gasteiger partial charge on any atom is -0.289 e. The number of hydrogen-bond donors (Lipinski definition) is 0. The first kappa shape index (κ1) is 17.3. The summed E-state index contributed by atoms with van der Waals surface area (Å²) in [6.45, 7) is 3.42. The topological polar surface area (TPSA) is 17.1 Å². The van der Waals surface area contributed by atoms with Gasteiger partial charge in [0.15, 0.2) is 5.78 Å². The first-order valence-electron chi connectivity index (χ1n) is 8.42. The molecular formula is C22H20F2O. The van der Waals surface area contributed by atoms with Crippen molar-refractivity contribution >= 4 is 17.9 Å². The predicted molar refractivity (Wildman–Crippen MR) is 97.1 cm³/mol. The molecule has 1 fully saturated rings. The summed E-state index contributed by atoms with van der Waals surface area (Å²) in [6, 6.07) is 9.94. The molecule has 0 radical (unpaired) electrons. The lowest BCUT2D eigenvalue weighted by Gasteiger charge is -2.16. The molecule has 25 heavy (non-hydrogen) atoms. The SMILES string of the molecule is Cc1ccc(C=C2CCCC(=Cc3ccc(C)c(F)c3)C2=O)cc1F. The summed E-state index contributed by atoms with van der Waals surface area (Å²) >= 11 is 0. The summed E-state index contributed by atoms with van der Waals surface area (Å²) in [5.41, 5.74) is 3.89. The van der Waals surface area contributed by atoms with E-state index in [1.165, 1.54) is 12.1 Å². The molecule has 0 spiro atoms. The highest BCUT2D eigenvalue weighted by molar-refractivity contribution is 6.13. The van der Waals surface area contributed by atoms with Crippen molar-refractivity contribution in [3.63, 3.8) is 0 Å². The normalized spacial score (nSPS) is 18.2. The fourth-order valence-electron chi connectivity index (χ4n) is 2.98. The van der Waals surface area contributed by atoms with Crippen LogP contribution in [0.1, 0.15) is 41.5 Å². The number of carbonyl (C=O) groups excluding carboxylic acids is 1. The Morgan fingerprint density at radius 3 is 1.64 bits per heavy atom. The molecule has 0 atom stereocenters. The Morgan fingerprint density at radius 2 is 1.24 bits per heavy atom. The van der Waals surface area contributed by atoms with Crippen LogP contribution in [0.3, 0.4) is 0 Å². The van der Waals surface area contributed by atoms with Crippen molar-refractivity contribution in [1.82, 2.24) is 0 Å². The van der Waals surface area contributed by atoms with Crippen LogP contribution in [0.2, 0.25) is 0 Å². The largest absolute Gasteiger partial charge is 0.289 e. The molecule has 0 bridgehead atoms. The zero-order chi connectivity index (χ0) is 18.0. The Bertz CT molecular complexity index is 819. The van der Waals surface area contributed by atoms with Crippen LogP contribution < -0.4 is 0 Å². The van der Waals surface area contributed by atoms with Gasteiger partial charge >= 0.3 is 0 Å². The number of Topliss-reactive ketones (excluding diaryl/α,β-unsaturated/α-hetero) is 1. The fraction of sp³-hybridized carbons (Fsp3) is 0.227. The monoisotopic (exact) mass is 338 g/mol. The van der Waals surface area contributed by atoms with Crippen molar-refractivity contribution in [3.05, 3.63) is 81.4 Å². The summed E-state index contributed by atoms with van der Waals surface area (Å²) < 4.78 is 27.4. The summed E-state index contributed by atoms with van der Waals surface area (Å²) in [6.07, 6.45) is 5.72. The molecule has 2 aromatic rings. The second kappa shape index (κ2) is 7.14. The van der Waals surface area contributed by atoms with Crippen LogP contribution in [0.4, 0.5) is 8.78 Å². The highest BCUT2D eigenvalue weighted by Gasteiger charge is 2.20. The lowest BCUT2D eigenvalue weighted by molar-refractivity contribution is -0.112. The molecular weight excluding hydrogens is 318 g/mol. The van der Waals surface area contributed by atoms with Crippen LogP contribution in [0.15, 0.2) is 47.5 Å². The third kappa shape index (κ3) is 3.93. The van der Waals surface area contributed by atoms with Gasteiger partial charge in [-0.1, -0.05) is 24.3 Å². The average molecular weight is 338 g/mol. The highest BCUT2D eigenvalue weighted by atomic mass is 19.1. The molecule has 0 saturated heterocycles. The first-order chi connectivity index (χ1) is 11.9. The van der Waals surface area contributed by atoms with Gasteiger partial charge < -0.3 is 0 Å². The minimum absolute atomic E-state index is 0.0341. The van der Waals surface area contributed by atoms with Gasteiger partial charge in [-0.25, -0.2) is 8.78 Å². The molecule has 2 aromatic carbocycles. The Morgan fingerprint density at radius 1 is 0.800 bits per heavy atom. The molecule has 0 aliphatic heterocycles. The third-order valence-corrected chi connectivity index (χ3v) is 4.55. The molecule has 1 nitrogen and oxygen atoms in total. The van der Waals surface area contributed by atoms with E-state index in [1.807, 2.05) is 12.1 Å². The summed E-state index contributed by atoms with van der Waals surface area (Å²) in [5.74, 6) is -0.583. The molecule has 0 unspecified atom stereocenters. The number of allylic oxidation sites excluding steroid dienone is 2. The van der Waals surface area contributed by atoms with Gasteiger partial charge in [0.25, 0.3) is 0 Å². The van der Waals surface area contributed by atoms with Crippen molar-refractivity contribution in [2.75, 3.05) is 0 Å². The van der Waals surface area contributed by atoms with Crippen molar-refractivity contribution in [2.45, 2.75) is 33.1 Å². The molecule has 0 N–H and O–H groups in total. The van der Waals surface area contributed by atoms with Gasteiger partial charge in [-0.15, -0.1) is 0 Å². The molecule has 0 aromatic heterocycles. The molecule has 0 amide bonds. The highest BCUT2D eigenvalue weighted by Crippen LogP contribution is 2.28. The summed E-state index contributed by atoms with van der Waals surface area (Å²) in [4.78, 5) is 12.7. The van der Waals surface area contributed by atoms with E-state index in [4.69, 9.17) is 0 Å². The van der Waals surface area contributed by atoms with E-state index in [1.54, 1.807) is 38.1 Å². The van der Waals surface area contributed by atoms with Crippen LogP contribution >= 0.6 is 0 Å². The molecule has 0 heterocycles. The summed E-state index contributed by atoms with van der Waals surface area (Å²) in [7, 11) is 0. The Labute approximate surface area is 146 Å². The second-order valence-corrected chi connectivity index (χ2v) is 6.54. The number of hydrogen-bond acceptors (Lipinski definition) is 1. The van der Waals surface area contributed by atoms with E-state index >= 15 is 0 Å². The van der Waals surface area contributed by atoms with Gasteiger partial charge in [0.2, 0.25) is 0 Å². The molecule has 1 aliphatic carbocycles. The van der Waals surface area contributed by atoms with E-state index < -0.39 is 0 Å². The van der Waals surface area contributed by atoms with E-state index in [0.717, 1.165) is 6.42 Å². The van der Waals surface area contributed by atoms with Crippen molar-refractivity contribution < 1.29 is 13.6 Å². The van der Waals surface area contributed by atoms with Crippen molar-refractivity contribution in [3.8, 4) is 0 Å². The third-order valence-electron chi connectivity index (χ3n) is 4.55. The quantitative estimate of drug-likeness (QED) is 0.632. The zero-order valence-corrected chi connectivity index (χ0v) is 14.4. The van der Waals surface area contributed by atoms with Crippen molar-refractivity contribution in [1.29, 1.82) is 0 Å². The minimum atomic E-state index is -0.275. The van der Waals surface area contributed by atoms with Crippen LogP contribution in [-0.2, 0) is 4.79 Å². The fourth-order valence-corrected chi connectivity index (χ4v) is 2.98. The number of aryl methyl sites for hydroxylation is 2. The number of benzene rings is 2. The Balaban J connectivity index is 1.89. The van der Waals surface area contributed by atoms with Crippen molar-refractivity contribution in [2.24, 2.45) is 0 Å². The van der Waals surface area contributed by atoms with E-state index in [9.17, 15) is 13.6 Å². The van der Waals surface area contributed by atoms with Gasteiger partial charge in [0.1, 0.15) is 11.6 Å². The van der Waals surface area contributed by atoms with E-state index in [0.29, 0.717) is 46.2 Å². The average Bonchev–Trinajstić information content (AvgIpc) is 2.58. The van der Waals surface area contributed by atoms with Gasteiger partial charge in [-0.05, 0) is 79.6 Å². The van der Waals surface area contributed by atoms with E-state index in [-0.39, 0.29) is 17.4 Å². The smallest absolute Gasteiger partial charge is 0.185 e. The Kier molecular flexibility index (Phi) is 4.93. The van der Waals surface area contributed by atoms with Crippen LogP contribution in [-0.4, -0.2) is 5.78 Å². The molecule has 1 aliphatic rings. The zero-order valence-electron chi connectivity index (χ0n) is 14.4. The van der Waals surface area contributed by atoms with Gasteiger partial charge in [-0.3, -0.25) is 4.79 Å². The predicted octanol–water partition coefficient (Wildman–Crippen LogP) is 5.80.